The highest BCUT2D eigenvalue weighted by molar-refractivity contribution is 5.70. The molecule has 0 saturated carbocycles. The molecule has 0 saturated heterocycles. The summed E-state index contributed by atoms with van der Waals surface area (Å²) in [6, 6.07) is 8.86. The lowest BCUT2D eigenvalue weighted by Gasteiger charge is -2.26. The van der Waals surface area contributed by atoms with Crippen molar-refractivity contribution in [3.63, 3.8) is 0 Å². The van der Waals surface area contributed by atoms with Crippen LogP contribution in [-0.2, 0) is 17.8 Å². The fraction of sp³-hybridized carbons (Fsp3) is 0.400. The van der Waals surface area contributed by atoms with Crippen LogP contribution in [0.5, 0.6) is 11.6 Å². The standard InChI is InChI=1S/C30H34F3NO4/c1-6-10-30(3,4)15-19-12-20(24(31)13-22(19)23-14-27(37-5)34-16-25(23)32)17-38-26-9-7-8-21(29(26)33)18(2)11-28(35)36/h7-9,12-14,16,18H,6,10-11,15,17H2,1-5H3,(H,35,36). The van der Waals surface area contributed by atoms with Crippen molar-refractivity contribution in [3.05, 3.63) is 76.7 Å². The first kappa shape index (κ1) is 29.0. The van der Waals surface area contributed by atoms with E-state index in [0.29, 0.717) is 12.0 Å². The number of methoxy groups -OCH3 is 1. The third-order valence-electron chi connectivity index (χ3n) is 6.59. The van der Waals surface area contributed by atoms with E-state index in [2.05, 4.69) is 25.8 Å². The molecule has 0 bridgehead atoms. The Balaban J connectivity index is 2.00. The van der Waals surface area contributed by atoms with Crippen LogP contribution < -0.4 is 9.47 Å². The van der Waals surface area contributed by atoms with Gasteiger partial charge in [-0.1, -0.05) is 46.2 Å². The summed E-state index contributed by atoms with van der Waals surface area (Å²) in [5.74, 6) is -3.38. The van der Waals surface area contributed by atoms with Crippen LogP contribution in [0.1, 0.15) is 69.6 Å². The molecule has 1 N–H and O–H groups in total. The normalized spacial score (nSPS) is 12.3. The average Bonchev–Trinajstić information content (AvgIpc) is 2.84. The van der Waals surface area contributed by atoms with Crippen molar-refractivity contribution < 1.29 is 32.5 Å². The Hall–Kier alpha value is -3.55. The van der Waals surface area contributed by atoms with Crippen molar-refractivity contribution in [2.24, 2.45) is 5.41 Å². The van der Waals surface area contributed by atoms with Crippen LogP contribution in [0.25, 0.3) is 11.1 Å². The number of carboxylic acid groups (broad SMARTS) is 1. The van der Waals surface area contributed by atoms with E-state index in [9.17, 15) is 9.18 Å². The number of ether oxygens (including phenoxy) is 2. The number of carboxylic acids is 1. The maximum Gasteiger partial charge on any atom is 0.303 e. The highest BCUT2D eigenvalue weighted by Gasteiger charge is 2.24. The van der Waals surface area contributed by atoms with Crippen molar-refractivity contribution in [2.75, 3.05) is 7.11 Å². The fourth-order valence-electron chi connectivity index (χ4n) is 4.74. The van der Waals surface area contributed by atoms with Crippen LogP contribution in [0.2, 0.25) is 0 Å². The third kappa shape index (κ3) is 7.05. The first-order valence-electron chi connectivity index (χ1n) is 12.6. The Morgan fingerprint density at radius 3 is 2.47 bits per heavy atom. The Morgan fingerprint density at radius 2 is 1.82 bits per heavy atom. The number of carbonyl (C=O) groups is 1. The molecular formula is C30H34F3NO4. The second-order valence-corrected chi connectivity index (χ2v) is 10.3. The number of aliphatic carboxylic acids is 1. The molecule has 8 heteroatoms. The highest BCUT2D eigenvalue weighted by atomic mass is 19.1. The Labute approximate surface area is 221 Å². The zero-order chi connectivity index (χ0) is 28.0. The lowest BCUT2D eigenvalue weighted by Crippen LogP contribution is -2.16. The van der Waals surface area contributed by atoms with E-state index in [1.54, 1.807) is 19.1 Å². The molecular weight excluding hydrogens is 495 g/mol. The molecule has 0 amide bonds. The number of hydrogen-bond acceptors (Lipinski definition) is 4. The molecule has 1 unspecified atom stereocenters. The average molecular weight is 530 g/mol. The minimum atomic E-state index is -1.04. The fourth-order valence-corrected chi connectivity index (χ4v) is 4.74. The number of hydrogen-bond donors (Lipinski definition) is 1. The molecule has 3 rings (SSSR count). The predicted molar refractivity (Wildman–Crippen MR) is 140 cm³/mol. The summed E-state index contributed by atoms with van der Waals surface area (Å²) in [5.41, 5.74) is 1.56. The van der Waals surface area contributed by atoms with E-state index in [0.717, 1.165) is 24.6 Å². The van der Waals surface area contributed by atoms with Crippen molar-refractivity contribution in [2.45, 2.75) is 65.9 Å². The quantitative estimate of drug-likeness (QED) is 0.260. The molecule has 1 atom stereocenters. The van der Waals surface area contributed by atoms with Crippen LogP contribution >= 0.6 is 0 Å². The van der Waals surface area contributed by atoms with E-state index in [1.807, 2.05) is 0 Å². The monoisotopic (exact) mass is 529 g/mol. The Bertz CT molecular complexity index is 1290. The molecule has 0 aliphatic heterocycles. The molecule has 1 aromatic heterocycles. The first-order chi connectivity index (χ1) is 18.0. The summed E-state index contributed by atoms with van der Waals surface area (Å²) >= 11 is 0. The Morgan fingerprint density at radius 1 is 1.08 bits per heavy atom. The van der Waals surface area contributed by atoms with Gasteiger partial charge in [-0.3, -0.25) is 4.79 Å². The van der Waals surface area contributed by atoms with E-state index >= 15 is 8.78 Å². The zero-order valence-electron chi connectivity index (χ0n) is 22.4. The lowest BCUT2D eigenvalue weighted by molar-refractivity contribution is -0.137. The van der Waals surface area contributed by atoms with Gasteiger partial charge in [-0.05, 0) is 59.1 Å². The summed E-state index contributed by atoms with van der Waals surface area (Å²) in [4.78, 5) is 14.9. The summed E-state index contributed by atoms with van der Waals surface area (Å²) in [7, 11) is 1.42. The van der Waals surface area contributed by atoms with Crippen molar-refractivity contribution in [1.29, 1.82) is 0 Å². The number of nitrogens with zero attached hydrogens (tertiary/aromatic N) is 1. The summed E-state index contributed by atoms with van der Waals surface area (Å²) in [6.07, 6.45) is 3.22. The molecule has 3 aromatic rings. The topological polar surface area (TPSA) is 68.7 Å². The van der Waals surface area contributed by atoms with Gasteiger partial charge in [-0.2, -0.15) is 0 Å². The molecule has 0 aliphatic rings. The van der Waals surface area contributed by atoms with E-state index in [-0.39, 0.29) is 46.8 Å². The zero-order valence-corrected chi connectivity index (χ0v) is 22.4. The maximum atomic E-state index is 15.4. The van der Waals surface area contributed by atoms with Gasteiger partial charge in [0.15, 0.2) is 11.6 Å². The van der Waals surface area contributed by atoms with Crippen LogP contribution in [0.15, 0.2) is 42.6 Å². The van der Waals surface area contributed by atoms with Crippen molar-refractivity contribution in [3.8, 4) is 22.8 Å². The third-order valence-corrected chi connectivity index (χ3v) is 6.59. The largest absolute Gasteiger partial charge is 0.486 e. The van der Waals surface area contributed by atoms with E-state index < -0.39 is 29.3 Å². The molecule has 0 radical (unpaired) electrons. The van der Waals surface area contributed by atoms with E-state index in [4.69, 9.17) is 14.6 Å². The molecule has 38 heavy (non-hydrogen) atoms. The summed E-state index contributed by atoms with van der Waals surface area (Å²) in [6.45, 7) is 7.64. The van der Waals surface area contributed by atoms with Crippen LogP contribution in [0.3, 0.4) is 0 Å². The number of aromatic nitrogens is 1. The van der Waals surface area contributed by atoms with Gasteiger partial charge in [0.1, 0.15) is 18.2 Å². The minimum Gasteiger partial charge on any atom is -0.486 e. The van der Waals surface area contributed by atoms with Gasteiger partial charge in [0.05, 0.1) is 19.7 Å². The van der Waals surface area contributed by atoms with Crippen molar-refractivity contribution >= 4 is 5.97 Å². The van der Waals surface area contributed by atoms with Gasteiger partial charge in [0, 0.05) is 17.2 Å². The maximum absolute atomic E-state index is 15.4. The van der Waals surface area contributed by atoms with Crippen LogP contribution in [0, 0.1) is 22.9 Å². The molecule has 0 fully saturated rings. The van der Waals surface area contributed by atoms with Gasteiger partial charge in [0.25, 0.3) is 0 Å². The molecule has 0 aliphatic carbocycles. The van der Waals surface area contributed by atoms with Crippen LogP contribution in [0.4, 0.5) is 13.2 Å². The van der Waals surface area contributed by atoms with Gasteiger partial charge in [-0.25, -0.2) is 18.2 Å². The Kier molecular flexibility index (Phi) is 9.41. The second kappa shape index (κ2) is 12.3. The molecule has 2 aromatic carbocycles. The second-order valence-electron chi connectivity index (χ2n) is 10.3. The number of halogens is 3. The minimum absolute atomic E-state index is 0.0963. The highest BCUT2D eigenvalue weighted by Crippen LogP contribution is 2.37. The van der Waals surface area contributed by atoms with E-state index in [1.165, 1.54) is 31.4 Å². The number of rotatable bonds is 12. The molecule has 0 spiro atoms. The molecule has 204 valence electrons. The van der Waals surface area contributed by atoms with Crippen molar-refractivity contribution in [1.82, 2.24) is 4.98 Å². The smallest absolute Gasteiger partial charge is 0.303 e. The first-order valence-corrected chi connectivity index (χ1v) is 12.6. The van der Waals surface area contributed by atoms with Crippen LogP contribution in [-0.4, -0.2) is 23.2 Å². The summed E-state index contributed by atoms with van der Waals surface area (Å²) in [5, 5.41) is 9.05. The number of benzene rings is 2. The predicted octanol–water partition coefficient (Wildman–Crippen LogP) is 7.70. The molecule has 1 heterocycles. The van der Waals surface area contributed by atoms with Gasteiger partial charge in [0.2, 0.25) is 5.88 Å². The lowest BCUT2D eigenvalue weighted by atomic mass is 9.79. The number of pyridine rings is 1. The summed E-state index contributed by atoms with van der Waals surface area (Å²) < 4.78 is 56.1. The van der Waals surface area contributed by atoms with Gasteiger partial charge in [-0.15, -0.1) is 0 Å². The van der Waals surface area contributed by atoms with Gasteiger partial charge < -0.3 is 14.6 Å². The SMILES string of the molecule is CCCC(C)(C)Cc1cc(COc2cccc(C(C)CC(=O)O)c2F)c(F)cc1-c1cc(OC)ncc1F. The molecule has 5 nitrogen and oxygen atoms in total. The van der Waals surface area contributed by atoms with Gasteiger partial charge >= 0.3 is 5.97 Å².